The lowest BCUT2D eigenvalue weighted by Gasteiger charge is -2.23. The van der Waals surface area contributed by atoms with E-state index in [-0.39, 0.29) is 11.9 Å². The fourth-order valence-electron chi connectivity index (χ4n) is 3.45. The molecular weight excluding hydrogens is 290 g/mol. The average Bonchev–Trinajstić information content (AvgIpc) is 2.79. The number of fused-ring (bicyclic) bond motifs is 1. The molecular formula is C19H21NO3. The molecule has 0 radical (unpaired) electrons. The molecule has 4 nitrogen and oxygen atoms in total. The monoisotopic (exact) mass is 311 g/mol. The minimum Gasteiger partial charge on any atom is -0.481 e. The van der Waals surface area contributed by atoms with Crippen LogP contribution in [0.15, 0.2) is 42.5 Å². The van der Waals surface area contributed by atoms with Gasteiger partial charge in [-0.15, -0.1) is 0 Å². The Kier molecular flexibility index (Phi) is 4.60. The predicted molar refractivity (Wildman–Crippen MR) is 89.4 cm³/mol. The van der Waals surface area contributed by atoms with Crippen LogP contribution in [0.1, 0.15) is 42.5 Å². The molecule has 0 aliphatic heterocycles. The largest absolute Gasteiger partial charge is 0.481 e. The van der Waals surface area contributed by atoms with E-state index in [0.29, 0.717) is 12.0 Å². The number of hydrogen-bond acceptors (Lipinski definition) is 2. The molecule has 0 bridgehead atoms. The van der Waals surface area contributed by atoms with Crippen LogP contribution >= 0.6 is 0 Å². The Hall–Kier alpha value is -2.36. The number of hydrogen-bond donors (Lipinski definition) is 2. The summed E-state index contributed by atoms with van der Waals surface area (Å²) in [4.78, 5) is 24.2. The standard InChI is InChI=1S/C19H21NO3/c21-18(15-11-6-8-13-7-4-5-9-14(13)15)20-17-12-3-1-2-10-16(17)19(22)23/h4-9,11,16-17H,1-3,10,12H2,(H,20,21)(H,22,23)/t16-,17+/m1/s1. The molecule has 2 atom stereocenters. The summed E-state index contributed by atoms with van der Waals surface area (Å²) in [6.07, 6.45) is 4.27. The third-order valence-electron chi connectivity index (χ3n) is 4.68. The minimum absolute atomic E-state index is 0.181. The lowest BCUT2D eigenvalue weighted by molar-refractivity contribution is -0.142. The molecule has 2 N–H and O–H groups in total. The first-order chi connectivity index (χ1) is 11.2. The van der Waals surface area contributed by atoms with Crippen molar-refractivity contribution < 1.29 is 14.7 Å². The number of rotatable bonds is 3. The maximum atomic E-state index is 12.7. The van der Waals surface area contributed by atoms with E-state index in [1.54, 1.807) is 6.07 Å². The lowest BCUT2D eigenvalue weighted by atomic mass is 9.94. The van der Waals surface area contributed by atoms with Gasteiger partial charge in [-0.25, -0.2) is 0 Å². The molecule has 4 heteroatoms. The quantitative estimate of drug-likeness (QED) is 0.851. The van der Waals surface area contributed by atoms with Crippen molar-refractivity contribution >= 4 is 22.6 Å². The number of carbonyl (C=O) groups is 2. The average molecular weight is 311 g/mol. The van der Waals surface area contributed by atoms with Gasteiger partial charge in [0.25, 0.3) is 5.91 Å². The van der Waals surface area contributed by atoms with Gasteiger partial charge in [0.1, 0.15) is 0 Å². The molecule has 2 aromatic carbocycles. The molecule has 3 rings (SSSR count). The van der Waals surface area contributed by atoms with E-state index in [4.69, 9.17) is 0 Å². The van der Waals surface area contributed by atoms with Crippen LogP contribution < -0.4 is 5.32 Å². The van der Waals surface area contributed by atoms with Gasteiger partial charge >= 0.3 is 5.97 Å². The van der Waals surface area contributed by atoms with Gasteiger partial charge in [0.2, 0.25) is 0 Å². The van der Waals surface area contributed by atoms with Gasteiger partial charge in [0.15, 0.2) is 0 Å². The maximum absolute atomic E-state index is 12.7. The number of carboxylic acids is 1. The van der Waals surface area contributed by atoms with Gasteiger partial charge in [0, 0.05) is 11.6 Å². The molecule has 0 heterocycles. The third-order valence-corrected chi connectivity index (χ3v) is 4.68. The van der Waals surface area contributed by atoms with E-state index in [0.717, 1.165) is 36.5 Å². The molecule has 120 valence electrons. The first kappa shape index (κ1) is 15.5. The van der Waals surface area contributed by atoms with E-state index in [1.165, 1.54) is 0 Å². The van der Waals surface area contributed by atoms with Gasteiger partial charge in [0.05, 0.1) is 5.92 Å². The van der Waals surface area contributed by atoms with Crippen molar-refractivity contribution in [2.45, 2.75) is 38.1 Å². The van der Waals surface area contributed by atoms with Gasteiger partial charge in [-0.05, 0) is 29.7 Å². The summed E-state index contributed by atoms with van der Waals surface area (Å²) >= 11 is 0. The molecule has 0 saturated heterocycles. The van der Waals surface area contributed by atoms with Crippen molar-refractivity contribution in [3.63, 3.8) is 0 Å². The molecule has 0 unspecified atom stereocenters. The Bertz CT molecular complexity index is 720. The van der Waals surface area contributed by atoms with Crippen LogP contribution in [0, 0.1) is 5.92 Å². The molecule has 1 amide bonds. The molecule has 0 spiro atoms. The second-order valence-corrected chi connectivity index (χ2v) is 6.19. The zero-order chi connectivity index (χ0) is 16.2. The van der Waals surface area contributed by atoms with Crippen molar-refractivity contribution in [2.24, 2.45) is 5.92 Å². The highest BCUT2D eigenvalue weighted by Gasteiger charge is 2.31. The normalized spacial score (nSPS) is 21.6. The highest BCUT2D eigenvalue weighted by Crippen LogP contribution is 2.25. The number of nitrogens with one attached hydrogen (secondary N) is 1. The number of benzene rings is 2. The van der Waals surface area contributed by atoms with Crippen molar-refractivity contribution in [1.82, 2.24) is 5.32 Å². The van der Waals surface area contributed by atoms with Crippen LogP contribution in [0.5, 0.6) is 0 Å². The van der Waals surface area contributed by atoms with Gasteiger partial charge < -0.3 is 10.4 Å². The fraction of sp³-hybridized carbons (Fsp3) is 0.368. The van der Waals surface area contributed by atoms with Crippen LogP contribution in [0.2, 0.25) is 0 Å². The third kappa shape index (κ3) is 3.36. The second-order valence-electron chi connectivity index (χ2n) is 6.19. The topological polar surface area (TPSA) is 66.4 Å². The van der Waals surface area contributed by atoms with E-state index >= 15 is 0 Å². The molecule has 1 fully saturated rings. The highest BCUT2D eigenvalue weighted by atomic mass is 16.4. The summed E-state index contributed by atoms with van der Waals surface area (Å²) < 4.78 is 0. The second kappa shape index (κ2) is 6.82. The molecule has 23 heavy (non-hydrogen) atoms. The van der Waals surface area contributed by atoms with Crippen LogP contribution in [0.25, 0.3) is 10.8 Å². The molecule has 2 aromatic rings. The zero-order valence-corrected chi connectivity index (χ0v) is 13.0. The lowest BCUT2D eigenvalue weighted by Crippen LogP contribution is -2.42. The van der Waals surface area contributed by atoms with Crippen molar-refractivity contribution in [3.8, 4) is 0 Å². The Morgan fingerprint density at radius 1 is 0.957 bits per heavy atom. The Balaban J connectivity index is 1.85. The van der Waals surface area contributed by atoms with E-state index in [1.807, 2.05) is 36.4 Å². The van der Waals surface area contributed by atoms with E-state index in [9.17, 15) is 14.7 Å². The van der Waals surface area contributed by atoms with E-state index in [2.05, 4.69) is 5.32 Å². The van der Waals surface area contributed by atoms with Gasteiger partial charge in [-0.1, -0.05) is 55.7 Å². The summed E-state index contributed by atoms with van der Waals surface area (Å²) in [6.45, 7) is 0. The number of carboxylic acid groups (broad SMARTS) is 1. The molecule has 1 saturated carbocycles. The van der Waals surface area contributed by atoms with Gasteiger partial charge in [-0.3, -0.25) is 9.59 Å². The SMILES string of the molecule is O=C(N[C@H]1CCCCC[C@H]1C(=O)O)c1cccc2ccccc12. The predicted octanol–water partition coefficient (Wildman–Crippen LogP) is 3.60. The summed E-state index contributed by atoms with van der Waals surface area (Å²) in [5.74, 6) is -1.48. The van der Waals surface area contributed by atoms with Gasteiger partial charge in [-0.2, -0.15) is 0 Å². The van der Waals surface area contributed by atoms with Crippen molar-refractivity contribution in [1.29, 1.82) is 0 Å². The maximum Gasteiger partial charge on any atom is 0.308 e. The number of amides is 1. The van der Waals surface area contributed by atoms with Crippen molar-refractivity contribution in [3.05, 3.63) is 48.0 Å². The van der Waals surface area contributed by atoms with Crippen LogP contribution in [0.3, 0.4) is 0 Å². The summed E-state index contributed by atoms with van der Waals surface area (Å²) in [6, 6.07) is 13.1. The zero-order valence-electron chi connectivity index (χ0n) is 13.0. The molecule has 0 aromatic heterocycles. The van der Waals surface area contributed by atoms with Crippen molar-refractivity contribution in [2.75, 3.05) is 0 Å². The Labute approximate surface area is 135 Å². The van der Waals surface area contributed by atoms with Crippen LogP contribution in [-0.4, -0.2) is 23.0 Å². The first-order valence-electron chi connectivity index (χ1n) is 8.18. The fourth-order valence-corrected chi connectivity index (χ4v) is 3.45. The smallest absolute Gasteiger partial charge is 0.308 e. The molecule has 1 aliphatic rings. The Morgan fingerprint density at radius 2 is 1.70 bits per heavy atom. The number of aliphatic carboxylic acids is 1. The number of carbonyl (C=O) groups excluding carboxylic acids is 1. The van der Waals surface area contributed by atoms with Crippen LogP contribution in [-0.2, 0) is 4.79 Å². The van der Waals surface area contributed by atoms with Crippen LogP contribution in [0.4, 0.5) is 0 Å². The van der Waals surface area contributed by atoms with E-state index < -0.39 is 11.9 Å². The first-order valence-corrected chi connectivity index (χ1v) is 8.18. The summed E-state index contributed by atoms with van der Waals surface area (Å²) in [5, 5.41) is 14.3. The summed E-state index contributed by atoms with van der Waals surface area (Å²) in [7, 11) is 0. The highest BCUT2D eigenvalue weighted by molar-refractivity contribution is 6.07. The molecule has 1 aliphatic carbocycles. The summed E-state index contributed by atoms with van der Waals surface area (Å²) in [5.41, 5.74) is 0.608. The minimum atomic E-state index is -0.810. The Morgan fingerprint density at radius 3 is 2.52 bits per heavy atom.